The number of nitrogens with one attached hydrogen (secondary N) is 1. The second-order valence-electron chi connectivity index (χ2n) is 4.40. The van der Waals surface area contributed by atoms with E-state index >= 15 is 0 Å². The van der Waals surface area contributed by atoms with E-state index in [0.717, 1.165) is 5.56 Å². The van der Waals surface area contributed by atoms with Crippen molar-refractivity contribution in [2.45, 2.75) is 13.0 Å². The molecule has 1 unspecified atom stereocenters. The summed E-state index contributed by atoms with van der Waals surface area (Å²) in [5.74, 6) is 0.405. The van der Waals surface area contributed by atoms with E-state index in [1.54, 1.807) is 31.4 Å². The Hall–Kier alpha value is -1.58. The number of halogens is 2. The van der Waals surface area contributed by atoms with Gasteiger partial charge in [0.05, 0.1) is 13.2 Å². The molecular weight excluding hydrogens is 277 g/mol. The van der Waals surface area contributed by atoms with Gasteiger partial charge >= 0.3 is 0 Å². The lowest BCUT2D eigenvalue weighted by Gasteiger charge is -2.22. The fraction of sp³-hybridized carbons (Fsp3) is 0.250. The average Bonchev–Trinajstić information content (AvgIpc) is 2.46. The second-order valence-corrected chi connectivity index (χ2v) is 4.83. The lowest BCUT2D eigenvalue weighted by atomic mass is 9.97. The third-order valence-corrected chi connectivity index (χ3v) is 3.37. The lowest BCUT2D eigenvalue weighted by Crippen LogP contribution is -2.23. The molecule has 0 saturated heterocycles. The highest BCUT2D eigenvalue weighted by Crippen LogP contribution is 2.33. The number of benzene rings is 2. The Bertz CT molecular complexity index is 588. The highest BCUT2D eigenvalue weighted by Gasteiger charge is 2.20. The summed E-state index contributed by atoms with van der Waals surface area (Å²) in [5.41, 5.74) is 1.46. The predicted molar refractivity (Wildman–Crippen MR) is 79.9 cm³/mol. The monoisotopic (exact) mass is 293 g/mol. The van der Waals surface area contributed by atoms with Crippen LogP contribution in [0, 0.1) is 5.82 Å². The van der Waals surface area contributed by atoms with E-state index < -0.39 is 0 Å². The maximum absolute atomic E-state index is 14.1. The van der Waals surface area contributed by atoms with E-state index in [-0.39, 0.29) is 11.9 Å². The van der Waals surface area contributed by atoms with Crippen LogP contribution in [0.25, 0.3) is 0 Å². The Kier molecular flexibility index (Phi) is 4.99. The van der Waals surface area contributed by atoms with Gasteiger partial charge in [0, 0.05) is 16.1 Å². The van der Waals surface area contributed by atoms with E-state index in [2.05, 4.69) is 5.32 Å². The molecule has 0 heterocycles. The summed E-state index contributed by atoms with van der Waals surface area (Å²) in [6.07, 6.45) is 0. The molecule has 2 aromatic rings. The van der Waals surface area contributed by atoms with Crippen molar-refractivity contribution in [3.05, 3.63) is 64.4 Å². The highest BCUT2D eigenvalue weighted by atomic mass is 35.5. The summed E-state index contributed by atoms with van der Waals surface area (Å²) in [5, 5.41) is 3.88. The molecule has 0 saturated carbocycles. The standard InChI is InChI=1S/C16H17ClFNO/c1-3-19-16(12-6-4-5-7-14(12)18)13-9-8-11(17)10-15(13)20-2/h4-10,16,19H,3H2,1-2H3. The molecule has 0 fully saturated rings. The number of hydrogen-bond acceptors (Lipinski definition) is 2. The van der Waals surface area contributed by atoms with Gasteiger partial charge in [-0.2, -0.15) is 0 Å². The van der Waals surface area contributed by atoms with Crippen molar-refractivity contribution in [2.24, 2.45) is 0 Å². The molecule has 0 bridgehead atoms. The molecule has 20 heavy (non-hydrogen) atoms. The van der Waals surface area contributed by atoms with Crippen LogP contribution in [0.15, 0.2) is 42.5 Å². The van der Waals surface area contributed by atoms with Gasteiger partial charge in [0.2, 0.25) is 0 Å². The number of ether oxygens (including phenoxy) is 1. The van der Waals surface area contributed by atoms with Crippen molar-refractivity contribution < 1.29 is 9.13 Å². The quantitative estimate of drug-likeness (QED) is 0.892. The van der Waals surface area contributed by atoms with Gasteiger partial charge in [-0.05, 0) is 24.7 Å². The van der Waals surface area contributed by atoms with E-state index in [1.165, 1.54) is 6.07 Å². The summed E-state index contributed by atoms with van der Waals surface area (Å²) >= 11 is 5.98. The lowest BCUT2D eigenvalue weighted by molar-refractivity contribution is 0.403. The maximum Gasteiger partial charge on any atom is 0.128 e. The van der Waals surface area contributed by atoms with Crippen molar-refractivity contribution in [1.82, 2.24) is 5.32 Å². The zero-order valence-corrected chi connectivity index (χ0v) is 12.2. The first-order valence-electron chi connectivity index (χ1n) is 6.48. The molecule has 4 heteroatoms. The molecule has 0 aliphatic heterocycles. The van der Waals surface area contributed by atoms with Gasteiger partial charge in [-0.3, -0.25) is 0 Å². The third-order valence-electron chi connectivity index (χ3n) is 3.13. The topological polar surface area (TPSA) is 21.3 Å². The summed E-state index contributed by atoms with van der Waals surface area (Å²) < 4.78 is 19.4. The van der Waals surface area contributed by atoms with Gasteiger partial charge in [-0.25, -0.2) is 4.39 Å². The molecule has 0 radical (unpaired) electrons. The van der Waals surface area contributed by atoms with Crippen LogP contribution in [-0.4, -0.2) is 13.7 Å². The van der Waals surface area contributed by atoms with E-state index in [4.69, 9.17) is 16.3 Å². The van der Waals surface area contributed by atoms with Gasteiger partial charge in [0.15, 0.2) is 0 Å². The molecule has 2 nitrogen and oxygen atoms in total. The molecule has 0 spiro atoms. The van der Waals surface area contributed by atoms with E-state index in [0.29, 0.717) is 22.9 Å². The van der Waals surface area contributed by atoms with Crippen LogP contribution >= 0.6 is 11.6 Å². The minimum Gasteiger partial charge on any atom is -0.496 e. The van der Waals surface area contributed by atoms with Crippen LogP contribution in [0.4, 0.5) is 4.39 Å². The SMILES string of the molecule is CCNC(c1ccccc1F)c1ccc(Cl)cc1OC. The molecule has 2 rings (SSSR count). The summed E-state index contributed by atoms with van der Waals surface area (Å²) in [6.45, 7) is 2.70. The molecule has 2 aromatic carbocycles. The van der Waals surface area contributed by atoms with Gasteiger partial charge < -0.3 is 10.1 Å². The zero-order chi connectivity index (χ0) is 14.5. The van der Waals surface area contributed by atoms with Gasteiger partial charge in [0.1, 0.15) is 11.6 Å². The zero-order valence-electron chi connectivity index (χ0n) is 11.5. The molecule has 0 amide bonds. The van der Waals surface area contributed by atoms with Crippen molar-refractivity contribution in [2.75, 3.05) is 13.7 Å². The maximum atomic E-state index is 14.1. The van der Waals surface area contributed by atoms with Gasteiger partial charge in [0.25, 0.3) is 0 Å². The number of rotatable bonds is 5. The highest BCUT2D eigenvalue weighted by molar-refractivity contribution is 6.30. The van der Waals surface area contributed by atoms with Crippen LogP contribution < -0.4 is 10.1 Å². The minimum atomic E-state index is -0.270. The molecule has 0 aliphatic rings. The van der Waals surface area contributed by atoms with Crippen molar-refractivity contribution in [3.8, 4) is 5.75 Å². The molecule has 1 atom stereocenters. The first-order valence-corrected chi connectivity index (χ1v) is 6.86. The Morgan fingerprint density at radius 2 is 1.95 bits per heavy atom. The predicted octanol–water partition coefficient (Wildman–Crippen LogP) is 4.19. The molecular formula is C16H17ClFNO. The van der Waals surface area contributed by atoms with Gasteiger partial charge in [-0.1, -0.05) is 42.8 Å². The average molecular weight is 294 g/mol. The summed E-state index contributed by atoms with van der Waals surface area (Å²) in [6, 6.07) is 11.9. The fourth-order valence-electron chi connectivity index (χ4n) is 2.22. The summed E-state index contributed by atoms with van der Waals surface area (Å²) in [7, 11) is 1.58. The first kappa shape index (κ1) is 14.8. The van der Waals surface area contributed by atoms with E-state index in [1.807, 2.05) is 19.1 Å². The Morgan fingerprint density at radius 3 is 2.60 bits per heavy atom. The Morgan fingerprint density at radius 1 is 1.20 bits per heavy atom. The fourth-order valence-corrected chi connectivity index (χ4v) is 2.39. The molecule has 106 valence electrons. The van der Waals surface area contributed by atoms with Crippen LogP contribution in [0.3, 0.4) is 0 Å². The number of methoxy groups -OCH3 is 1. The normalized spacial score (nSPS) is 12.2. The van der Waals surface area contributed by atoms with Crippen molar-refractivity contribution >= 4 is 11.6 Å². The first-order chi connectivity index (χ1) is 9.67. The smallest absolute Gasteiger partial charge is 0.128 e. The van der Waals surface area contributed by atoms with Crippen LogP contribution in [0.1, 0.15) is 24.1 Å². The molecule has 0 aromatic heterocycles. The van der Waals surface area contributed by atoms with Crippen molar-refractivity contribution in [1.29, 1.82) is 0 Å². The Balaban J connectivity index is 2.51. The third kappa shape index (κ3) is 3.11. The van der Waals surface area contributed by atoms with Gasteiger partial charge in [-0.15, -0.1) is 0 Å². The van der Waals surface area contributed by atoms with E-state index in [9.17, 15) is 4.39 Å². The van der Waals surface area contributed by atoms with Crippen LogP contribution in [-0.2, 0) is 0 Å². The second kappa shape index (κ2) is 6.73. The van der Waals surface area contributed by atoms with Crippen LogP contribution in [0.2, 0.25) is 5.02 Å². The Labute approximate surface area is 123 Å². The molecule has 1 N–H and O–H groups in total. The van der Waals surface area contributed by atoms with Crippen LogP contribution in [0.5, 0.6) is 5.75 Å². The van der Waals surface area contributed by atoms with Crippen molar-refractivity contribution in [3.63, 3.8) is 0 Å². The minimum absolute atomic E-state index is 0.240. The largest absolute Gasteiger partial charge is 0.496 e. The number of hydrogen-bond donors (Lipinski definition) is 1. The molecule has 0 aliphatic carbocycles. The summed E-state index contributed by atoms with van der Waals surface area (Å²) in [4.78, 5) is 0.